The first-order valence-corrected chi connectivity index (χ1v) is 13.1. The number of alkyl halides is 1. The third kappa shape index (κ3) is 9.78. The van der Waals surface area contributed by atoms with E-state index in [1.807, 2.05) is 12.1 Å². The zero-order valence-electron chi connectivity index (χ0n) is 18.9. The number of halogens is 1. The molecule has 1 aliphatic heterocycles. The van der Waals surface area contributed by atoms with Gasteiger partial charge < -0.3 is 15.1 Å². The van der Waals surface area contributed by atoms with E-state index < -0.39 is 0 Å². The van der Waals surface area contributed by atoms with Crippen LogP contribution in [-0.4, -0.2) is 60.4 Å². The number of piperazine rings is 1. The van der Waals surface area contributed by atoms with Crippen molar-refractivity contribution < 1.29 is 4.79 Å². The maximum atomic E-state index is 12.3. The third-order valence-corrected chi connectivity index (χ3v) is 6.56. The second-order valence-corrected chi connectivity index (χ2v) is 9.10. The molecule has 1 aliphatic rings. The fourth-order valence-corrected chi connectivity index (χ4v) is 4.33. The minimum atomic E-state index is -0.00617. The molecule has 1 N–H and O–H groups in total. The van der Waals surface area contributed by atoms with Crippen LogP contribution in [0.1, 0.15) is 81.5 Å². The lowest BCUT2D eigenvalue weighted by Crippen LogP contribution is -2.46. The number of amides is 1. The maximum absolute atomic E-state index is 12.3. The van der Waals surface area contributed by atoms with Gasteiger partial charge in [-0.3, -0.25) is 4.79 Å². The summed E-state index contributed by atoms with van der Waals surface area (Å²) in [6.07, 6.45) is 14.7. The molecule has 2 heterocycles. The van der Waals surface area contributed by atoms with Crippen LogP contribution < -0.4 is 10.2 Å². The van der Waals surface area contributed by atoms with Crippen molar-refractivity contribution in [2.24, 2.45) is 0 Å². The van der Waals surface area contributed by atoms with E-state index in [9.17, 15) is 4.79 Å². The van der Waals surface area contributed by atoms with Gasteiger partial charge in [0, 0.05) is 44.3 Å². The summed E-state index contributed by atoms with van der Waals surface area (Å²) in [6, 6.07) is 3.89. The predicted octanol–water partition coefficient (Wildman–Crippen LogP) is 5.25. The first-order chi connectivity index (χ1) is 14.7. The van der Waals surface area contributed by atoms with Crippen molar-refractivity contribution in [1.29, 1.82) is 0 Å². The Balaban J connectivity index is 1.51. The molecule has 0 atom stereocenters. The van der Waals surface area contributed by atoms with Gasteiger partial charge in [0.25, 0.3) is 5.91 Å². The van der Waals surface area contributed by atoms with Gasteiger partial charge in [0.1, 0.15) is 5.82 Å². The van der Waals surface area contributed by atoms with E-state index in [4.69, 9.17) is 0 Å². The highest BCUT2D eigenvalue weighted by molar-refractivity contribution is 9.09. The van der Waals surface area contributed by atoms with Gasteiger partial charge in [0.05, 0.1) is 5.56 Å². The highest BCUT2D eigenvalue weighted by atomic mass is 79.9. The predicted molar refractivity (Wildman–Crippen MR) is 131 cm³/mol. The van der Waals surface area contributed by atoms with Crippen molar-refractivity contribution in [3.8, 4) is 0 Å². The van der Waals surface area contributed by atoms with Crippen molar-refractivity contribution >= 4 is 27.7 Å². The van der Waals surface area contributed by atoms with Crippen LogP contribution >= 0.6 is 15.9 Å². The van der Waals surface area contributed by atoms with Gasteiger partial charge in [0.15, 0.2) is 0 Å². The van der Waals surface area contributed by atoms with E-state index in [-0.39, 0.29) is 5.91 Å². The molecule has 1 aromatic heterocycles. The van der Waals surface area contributed by atoms with Crippen LogP contribution in [-0.2, 0) is 0 Å². The first kappa shape index (κ1) is 25.1. The smallest absolute Gasteiger partial charge is 0.252 e. The van der Waals surface area contributed by atoms with Gasteiger partial charge in [-0.25, -0.2) is 4.98 Å². The average Bonchev–Trinajstić information content (AvgIpc) is 2.80. The zero-order valence-corrected chi connectivity index (χ0v) is 20.5. The standard InChI is InChI=1S/C24H41BrN4O/c1-2-28-17-19-29(20-18-28)23-14-13-22(21-27-23)24(30)26-16-12-10-8-6-4-3-5-7-9-11-15-25/h13-14,21H,2-12,15-20H2,1H3,(H,26,30). The number of carbonyl (C=O) groups excluding carboxylic acids is 1. The molecule has 6 heteroatoms. The average molecular weight is 482 g/mol. The Kier molecular flexibility index (Phi) is 13.1. The number of unbranched alkanes of at least 4 members (excludes halogenated alkanes) is 9. The highest BCUT2D eigenvalue weighted by Gasteiger charge is 2.17. The van der Waals surface area contributed by atoms with Gasteiger partial charge in [-0.2, -0.15) is 0 Å². The van der Waals surface area contributed by atoms with Crippen molar-refractivity contribution in [2.75, 3.05) is 49.5 Å². The van der Waals surface area contributed by atoms with Crippen molar-refractivity contribution in [3.63, 3.8) is 0 Å². The quantitative estimate of drug-likeness (QED) is 0.275. The Morgan fingerprint density at radius 1 is 0.933 bits per heavy atom. The van der Waals surface area contributed by atoms with Gasteiger partial charge >= 0.3 is 0 Å². The molecule has 1 aromatic rings. The van der Waals surface area contributed by atoms with E-state index in [1.165, 1.54) is 57.8 Å². The van der Waals surface area contributed by atoms with Gasteiger partial charge in [-0.05, 0) is 31.5 Å². The van der Waals surface area contributed by atoms with Crippen molar-refractivity contribution in [3.05, 3.63) is 23.9 Å². The summed E-state index contributed by atoms with van der Waals surface area (Å²) in [6.45, 7) is 8.24. The fourth-order valence-electron chi connectivity index (χ4n) is 3.94. The molecule has 170 valence electrons. The molecule has 0 spiro atoms. The molecule has 1 saturated heterocycles. The summed E-state index contributed by atoms with van der Waals surface area (Å²) in [7, 11) is 0. The lowest BCUT2D eigenvalue weighted by molar-refractivity contribution is 0.0952. The largest absolute Gasteiger partial charge is 0.354 e. The van der Waals surface area contributed by atoms with E-state index >= 15 is 0 Å². The molecule has 5 nitrogen and oxygen atoms in total. The number of nitrogens with zero attached hydrogens (tertiary/aromatic N) is 3. The number of aromatic nitrogens is 1. The topological polar surface area (TPSA) is 48.5 Å². The van der Waals surface area contributed by atoms with Crippen LogP contribution in [0.3, 0.4) is 0 Å². The summed E-state index contributed by atoms with van der Waals surface area (Å²) < 4.78 is 0. The summed E-state index contributed by atoms with van der Waals surface area (Å²) in [4.78, 5) is 21.6. The molecular formula is C24H41BrN4O. The monoisotopic (exact) mass is 480 g/mol. The van der Waals surface area contributed by atoms with Crippen molar-refractivity contribution in [2.45, 2.75) is 71.1 Å². The Hall–Kier alpha value is -1.14. The molecule has 1 amide bonds. The van der Waals surface area contributed by atoms with Crippen LogP contribution in [0.25, 0.3) is 0 Å². The normalized spacial score (nSPS) is 14.8. The van der Waals surface area contributed by atoms with Gasteiger partial charge in [0.2, 0.25) is 0 Å². The van der Waals surface area contributed by atoms with Crippen LogP contribution in [0.15, 0.2) is 18.3 Å². The van der Waals surface area contributed by atoms with E-state index in [0.717, 1.165) is 56.8 Å². The molecule has 1 fully saturated rings. The molecular weight excluding hydrogens is 440 g/mol. The molecule has 30 heavy (non-hydrogen) atoms. The summed E-state index contributed by atoms with van der Waals surface area (Å²) >= 11 is 3.48. The Bertz CT molecular complexity index is 573. The number of rotatable bonds is 15. The van der Waals surface area contributed by atoms with Crippen LogP contribution in [0.5, 0.6) is 0 Å². The molecule has 0 bridgehead atoms. The van der Waals surface area contributed by atoms with Gasteiger partial charge in [-0.15, -0.1) is 0 Å². The van der Waals surface area contributed by atoms with E-state index in [0.29, 0.717) is 5.56 Å². The van der Waals surface area contributed by atoms with E-state index in [2.05, 4.69) is 43.0 Å². The van der Waals surface area contributed by atoms with Crippen LogP contribution in [0, 0.1) is 0 Å². The number of hydrogen-bond acceptors (Lipinski definition) is 4. The number of likely N-dealkylation sites (N-methyl/N-ethyl adjacent to an activating group) is 1. The SMILES string of the molecule is CCN1CCN(c2ccc(C(=O)NCCCCCCCCCCCCBr)cn2)CC1. The van der Waals surface area contributed by atoms with Crippen LogP contribution in [0.4, 0.5) is 5.82 Å². The summed E-state index contributed by atoms with van der Waals surface area (Å²) in [5.41, 5.74) is 0.658. The summed E-state index contributed by atoms with van der Waals surface area (Å²) in [5.74, 6) is 0.971. The Morgan fingerprint density at radius 2 is 1.53 bits per heavy atom. The van der Waals surface area contributed by atoms with Crippen LogP contribution in [0.2, 0.25) is 0 Å². The molecule has 0 aromatic carbocycles. The Labute approximate surface area is 192 Å². The number of hydrogen-bond donors (Lipinski definition) is 1. The van der Waals surface area contributed by atoms with E-state index in [1.54, 1.807) is 6.20 Å². The molecule has 0 radical (unpaired) electrons. The number of pyridine rings is 1. The fraction of sp³-hybridized carbons (Fsp3) is 0.750. The van der Waals surface area contributed by atoms with Crippen molar-refractivity contribution in [1.82, 2.24) is 15.2 Å². The first-order valence-electron chi connectivity index (χ1n) is 12.0. The zero-order chi connectivity index (χ0) is 21.4. The molecule has 2 rings (SSSR count). The second-order valence-electron chi connectivity index (χ2n) is 8.31. The second kappa shape index (κ2) is 15.6. The molecule has 0 aliphatic carbocycles. The minimum Gasteiger partial charge on any atom is -0.354 e. The highest BCUT2D eigenvalue weighted by Crippen LogP contribution is 2.14. The molecule has 0 unspecified atom stereocenters. The molecule has 0 saturated carbocycles. The Morgan fingerprint density at radius 3 is 2.07 bits per heavy atom. The number of carbonyl (C=O) groups is 1. The lowest BCUT2D eigenvalue weighted by atomic mass is 10.1. The summed E-state index contributed by atoms with van der Waals surface area (Å²) in [5, 5.41) is 4.18. The lowest BCUT2D eigenvalue weighted by Gasteiger charge is -2.34. The van der Waals surface area contributed by atoms with Gasteiger partial charge in [-0.1, -0.05) is 74.2 Å². The number of anilines is 1. The minimum absolute atomic E-state index is 0.00617. The maximum Gasteiger partial charge on any atom is 0.252 e. The number of nitrogens with one attached hydrogen (secondary N) is 1. The third-order valence-electron chi connectivity index (χ3n) is 6.00.